The van der Waals surface area contributed by atoms with Crippen molar-refractivity contribution < 1.29 is 24.5 Å². The first kappa shape index (κ1) is 22.1. The normalized spacial score (nSPS) is 14.3. The van der Waals surface area contributed by atoms with Gasteiger partial charge in [-0.3, -0.25) is 9.59 Å². The minimum Gasteiger partial charge on any atom is -0.481 e. The fourth-order valence-electron chi connectivity index (χ4n) is 3.65. The Balaban J connectivity index is 0.00000132. The van der Waals surface area contributed by atoms with E-state index in [1.807, 2.05) is 43.3 Å². The van der Waals surface area contributed by atoms with Crippen LogP contribution in [0.2, 0.25) is 0 Å². The maximum Gasteiger partial charge on any atom is 0.310 e. The number of ether oxygens (including phenoxy) is 1. The van der Waals surface area contributed by atoms with Gasteiger partial charge in [0.25, 0.3) is 0 Å². The lowest BCUT2D eigenvalue weighted by molar-refractivity contribution is -0.147. The SMILES string of the molecule is CO.Cc1ccc2c(n1)Oc1nc(-c3ccc(C=O)cc3)ccc1C2C(C)(C)C(=O)O. The van der Waals surface area contributed by atoms with E-state index >= 15 is 0 Å². The van der Waals surface area contributed by atoms with Crippen molar-refractivity contribution in [2.24, 2.45) is 5.41 Å². The number of hydrogen-bond donors (Lipinski definition) is 2. The number of aliphatic carboxylic acids is 1. The number of nitrogens with zero attached hydrogens (tertiary/aromatic N) is 2. The minimum absolute atomic E-state index is 0.354. The van der Waals surface area contributed by atoms with Crippen LogP contribution in [-0.2, 0) is 4.79 Å². The highest BCUT2D eigenvalue weighted by Gasteiger charge is 2.44. The monoisotopic (exact) mass is 420 g/mol. The van der Waals surface area contributed by atoms with Gasteiger partial charge in [-0.05, 0) is 32.9 Å². The van der Waals surface area contributed by atoms with Crippen LogP contribution in [0, 0.1) is 12.3 Å². The molecule has 31 heavy (non-hydrogen) atoms. The number of aldehydes is 1. The van der Waals surface area contributed by atoms with E-state index in [1.165, 1.54) is 0 Å². The summed E-state index contributed by atoms with van der Waals surface area (Å²) in [7, 11) is 1.00. The van der Waals surface area contributed by atoms with E-state index in [4.69, 9.17) is 9.84 Å². The molecule has 7 heteroatoms. The van der Waals surface area contributed by atoms with Crippen LogP contribution in [0.15, 0.2) is 48.5 Å². The maximum absolute atomic E-state index is 12.0. The summed E-state index contributed by atoms with van der Waals surface area (Å²) in [4.78, 5) is 32.0. The van der Waals surface area contributed by atoms with Crippen LogP contribution >= 0.6 is 0 Å². The number of carbonyl (C=O) groups is 2. The van der Waals surface area contributed by atoms with Gasteiger partial charge in [0.05, 0.1) is 11.1 Å². The van der Waals surface area contributed by atoms with E-state index in [2.05, 4.69) is 9.97 Å². The molecule has 7 nitrogen and oxygen atoms in total. The number of pyridine rings is 2. The molecule has 0 saturated carbocycles. The summed E-state index contributed by atoms with van der Waals surface area (Å²) < 4.78 is 6.00. The van der Waals surface area contributed by atoms with Crippen molar-refractivity contribution in [3.8, 4) is 23.0 Å². The molecule has 0 saturated heterocycles. The summed E-state index contributed by atoms with van der Waals surface area (Å²) in [5.74, 6) is -0.620. The van der Waals surface area contributed by atoms with Crippen LogP contribution in [0.3, 0.4) is 0 Å². The third-order valence-corrected chi connectivity index (χ3v) is 5.35. The number of carbonyl (C=O) groups excluding carboxylic acids is 1. The molecule has 0 fully saturated rings. The Kier molecular flexibility index (Phi) is 6.17. The van der Waals surface area contributed by atoms with Gasteiger partial charge in [0.1, 0.15) is 6.29 Å². The van der Waals surface area contributed by atoms with Crippen LogP contribution in [0.25, 0.3) is 11.3 Å². The predicted octanol–water partition coefficient (Wildman–Crippen LogP) is 4.22. The third-order valence-electron chi connectivity index (χ3n) is 5.35. The number of aromatic nitrogens is 2. The lowest BCUT2D eigenvalue weighted by Crippen LogP contribution is -2.34. The quantitative estimate of drug-likeness (QED) is 0.608. The van der Waals surface area contributed by atoms with E-state index in [1.54, 1.807) is 26.0 Å². The number of carboxylic acids is 1. The van der Waals surface area contributed by atoms with Gasteiger partial charge in [-0.2, -0.15) is 0 Å². The van der Waals surface area contributed by atoms with E-state index in [0.717, 1.165) is 30.2 Å². The largest absolute Gasteiger partial charge is 0.481 e. The molecule has 0 bridgehead atoms. The third kappa shape index (κ3) is 4.04. The average Bonchev–Trinajstić information content (AvgIpc) is 2.78. The average molecular weight is 420 g/mol. The smallest absolute Gasteiger partial charge is 0.310 e. The highest BCUT2D eigenvalue weighted by Crippen LogP contribution is 2.51. The molecule has 2 aromatic heterocycles. The summed E-state index contributed by atoms with van der Waals surface area (Å²) in [6.45, 7) is 5.25. The first-order valence-electron chi connectivity index (χ1n) is 9.71. The van der Waals surface area contributed by atoms with Crippen LogP contribution in [-0.4, -0.2) is 39.5 Å². The molecule has 1 atom stereocenters. The molecule has 2 N–H and O–H groups in total. The van der Waals surface area contributed by atoms with Crippen molar-refractivity contribution in [3.05, 3.63) is 70.9 Å². The van der Waals surface area contributed by atoms with Gasteiger partial charge in [0.2, 0.25) is 11.8 Å². The molecule has 160 valence electrons. The number of fused-ring (bicyclic) bond motifs is 2. The molecule has 0 spiro atoms. The molecule has 0 radical (unpaired) electrons. The minimum atomic E-state index is -1.08. The molecule has 0 aliphatic carbocycles. The van der Waals surface area contributed by atoms with E-state index < -0.39 is 17.3 Å². The molecular weight excluding hydrogens is 396 g/mol. The van der Waals surface area contributed by atoms with Gasteiger partial charge >= 0.3 is 5.97 Å². The van der Waals surface area contributed by atoms with E-state index in [0.29, 0.717) is 28.6 Å². The van der Waals surface area contributed by atoms with Crippen LogP contribution in [0.1, 0.15) is 46.9 Å². The van der Waals surface area contributed by atoms with Gasteiger partial charge in [-0.1, -0.05) is 36.4 Å². The fraction of sp³-hybridized carbons (Fsp3) is 0.250. The highest BCUT2D eigenvalue weighted by atomic mass is 16.5. The van der Waals surface area contributed by atoms with Crippen molar-refractivity contribution >= 4 is 12.3 Å². The zero-order valence-corrected chi connectivity index (χ0v) is 17.8. The first-order chi connectivity index (χ1) is 14.8. The van der Waals surface area contributed by atoms with Crippen LogP contribution < -0.4 is 4.74 Å². The lowest BCUT2D eigenvalue weighted by Gasteiger charge is -2.35. The van der Waals surface area contributed by atoms with Gasteiger partial charge in [-0.15, -0.1) is 0 Å². The molecule has 4 rings (SSSR count). The van der Waals surface area contributed by atoms with Crippen molar-refractivity contribution in [3.63, 3.8) is 0 Å². The van der Waals surface area contributed by atoms with Crippen LogP contribution in [0.4, 0.5) is 0 Å². The Morgan fingerprint density at radius 1 is 0.968 bits per heavy atom. The second-order valence-corrected chi connectivity index (χ2v) is 7.74. The molecule has 1 aromatic carbocycles. The lowest BCUT2D eigenvalue weighted by atomic mass is 9.71. The number of aryl methyl sites for hydroxylation is 1. The zero-order chi connectivity index (χ0) is 22.8. The van der Waals surface area contributed by atoms with Crippen molar-refractivity contribution in [2.75, 3.05) is 7.11 Å². The van der Waals surface area contributed by atoms with Crippen molar-refractivity contribution in [1.29, 1.82) is 0 Å². The Morgan fingerprint density at radius 3 is 2.13 bits per heavy atom. The Bertz CT molecular complexity index is 1120. The van der Waals surface area contributed by atoms with E-state index in [9.17, 15) is 14.7 Å². The first-order valence-corrected chi connectivity index (χ1v) is 9.71. The Morgan fingerprint density at radius 2 is 1.55 bits per heavy atom. The topological polar surface area (TPSA) is 110 Å². The number of aliphatic hydroxyl groups is 1. The standard InChI is InChI=1S/C23H20N2O4.CH4O/c1-13-4-9-16-19(23(2,3)22(27)28)17-10-11-18(25-21(17)29-20(16)24-13)15-7-5-14(12-26)6-8-15;1-2/h4-12,19H,1-3H3,(H,27,28);2H,1H3. The van der Waals surface area contributed by atoms with Gasteiger partial charge < -0.3 is 14.9 Å². The predicted molar refractivity (Wildman–Crippen MR) is 116 cm³/mol. The second kappa shape index (κ2) is 8.65. The van der Waals surface area contributed by atoms with Gasteiger partial charge in [-0.25, -0.2) is 9.97 Å². The number of aliphatic hydroxyl groups excluding tert-OH is 1. The number of carboxylic acid groups (broad SMARTS) is 1. The summed E-state index contributed by atoms with van der Waals surface area (Å²) >= 11 is 0. The fourth-order valence-corrected chi connectivity index (χ4v) is 3.65. The summed E-state index contributed by atoms with van der Waals surface area (Å²) in [5.41, 5.74) is 3.23. The van der Waals surface area contributed by atoms with Gasteiger partial charge in [0, 0.05) is 41.0 Å². The summed E-state index contributed by atoms with van der Waals surface area (Å²) in [5, 5.41) is 16.9. The summed E-state index contributed by atoms with van der Waals surface area (Å²) in [6.07, 6.45) is 0.788. The maximum atomic E-state index is 12.0. The van der Waals surface area contributed by atoms with Crippen molar-refractivity contribution in [2.45, 2.75) is 26.7 Å². The molecule has 0 amide bonds. The zero-order valence-electron chi connectivity index (χ0n) is 17.8. The molecular formula is C24H24N2O5. The highest BCUT2D eigenvalue weighted by molar-refractivity contribution is 5.78. The number of rotatable bonds is 4. The Hall–Kier alpha value is -3.58. The molecule has 3 heterocycles. The second-order valence-electron chi connectivity index (χ2n) is 7.74. The molecule has 1 aliphatic rings. The molecule has 3 aromatic rings. The number of benzene rings is 1. The van der Waals surface area contributed by atoms with E-state index in [-0.39, 0.29) is 0 Å². The van der Waals surface area contributed by atoms with Gasteiger partial charge in [0.15, 0.2) is 0 Å². The van der Waals surface area contributed by atoms with Crippen molar-refractivity contribution in [1.82, 2.24) is 9.97 Å². The molecule has 1 aliphatic heterocycles. The summed E-state index contributed by atoms with van der Waals surface area (Å²) in [6, 6.07) is 14.5. The number of hydrogen-bond acceptors (Lipinski definition) is 6. The Labute approximate surface area is 180 Å². The molecule has 1 unspecified atom stereocenters. The van der Waals surface area contributed by atoms with Crippen LogP contribution in [0.5, 0.6) is 11.8 Å².